The molecule has 264 valence electrons. The van der Waals surface area contributed by atoms with Gasteiger partial charge in [0.1, 0.15) is 17.6 Å². The SMILES string of the molecule is CCOc1ccc(S(=O)(=O)NC(C)(C)C)cc1C1=N[C@@H](c2ccc(Cl)cc2)[C@@H](c2ccc(Cl)cc2)N1C(=O)N1CCN(S(=O)(=O)CC)CC1. The van der Waals surface area contributed by atoms with Crippen LogP contribution in [0.4, 0.5) is 4.79 Å². The Morgan fingerprint density at radius 3 is 1.98 bits per heavy atom. The first-order valence-corrected chi connectivity index (χ1v) is 19.9. The predicted octanol–water partition coefficient (Wildman–Crippen LogP) is 6.10. The van der Waals surface area contributed by atoms with Crippen molar-refractivity contribution in [1.29, 1.82) is 0 Å². The van der Waals surface area contributed by atoms with Gasteiger partial charge in [0.2, 0.25) is 20.0 Å². The lowest BCUT2D eigenvalue weighted by molar-refractivity contribution is 0.143. The Morgan fingerprint density at radius 2 is 1.45 bits per heavy atom. The second kappa shape index (κ2) is 14.6. The van der Waals surface area contributed by atoms with Crippen LogP contribution in [0.2, 0.25) is 10.0 Å². The quantitative estimate of drug-likeness (QED) is 0.282. The first-order valence-electron chi connectivity index (χ1n) is 16.0. The van der Waals surface area contributed by atoms with Gasteiger partial charge >= 0.3 is 6.03 Å². The largest absolute Gasteiger partial charge is 0.493 e. The van der Waals surface area contributed by atoms with Gasteiger partial charge in [-0.3, -0.25) is 9.89 Å². The topological polar surface area (TPSA) is 129 Å². The zero-order valence-electron chi connectivity index (χ0n) is 28.1. The molecule has 0 radical (unpaired) electrons. The van der Waals surface area contributed by atoms with E-state index in [9.17, 15) is 21.6 Å². The molecule has 11 nitrogen and oxygen atoms in total. The Morgan fingerprint density at radius 1 is 0.878 bits per heavy atom. The summed E-state index contributed by atoms with van der Waals surface area (Å²) in [6, 6.07) is 17.1. The number of nitrogens with one attached hydrogen (secondary N) is 1. The standard InChI is InChI=1S/C34H41Cl2N5O6S2/c1-6-47-29-17-16-27(49(45,46)38-34(3,4)5)22-28(29)32-37-30(23-8-12-25(35)13-9-23)31(24-10-14-26(36)15-11-24)41(32)33(42)39-18-20-40(21-19-39)48(43,44)7-2/h8-17,22,30-31,38H,6-7,18-21H2,1-5H3/t30-,31+/m0/s1. The third-order valence-corrected chi connectivity index (χ3v) is 12.3. The van der Waals surface area contributed by atoms with E-state index in [0.29, 0.717) is 21.4 Å². The number of aliphatic imine (C=N–C) groups is 1. The average Bonchev–Trinajstić information content (AvgIpc) is 3.44. The number of rotatable bonds is 9. The molecule has 1 fully saturated rings. The molecule has 0 unspecified atom stereocenters. The van der Waals surface area contributed by atoms with Gasteiger partial charge < -0.3 is 9.64 Å². The Balaban J connectivity index is 1.70. The van der Waals surface area contributed by atoms with Crippen molar-refractivity contribution in [2.24, 2.45) is 4.99 Å². The van der Waals surface area contributed by atoms with Crippen LogP contribution in [0, 0.1) is 0 Å². The van der Waals surface area contributed by atoms with Gasteiger partial charge in [-0.05, 0) is 88.2 Å². The molecule has 0 saturated carbocycles. The van der Waals surface area contributed by atoms with Gasteiger partial charge in [-0.15, -0.1) is 0 Å². The highest BCUT2D eigenvalue weighted by Gasteiger charge is 2.45. The summed E-state index contributed by atoms with van der Waals surface area (Å²) in [5.74, 6) is 0.526. The number of hydrogen-bond donors (Lipinski definition) is 1. The molecule has 0 bridgehead atoms. The Labute approximate surface area is 299 Å². The molecule has 2 heterocycles. The van der Waals surface area contributed by atoms with Gasteiger partial charge in [-0.1, -0.05) is 47.5 Å². The zero-order chi connectivity index (χ0) is 35.7. The molecule has 49 heavy (non-hydrogen) atoms. The summed E-state index contributed by atoms with van der Waals surface area (Å²) in [4.78, 5) is 23.1. The number of hydrogen-bond acceptors (Lipinski definition) is 7. The Bertz CT molecular complexity index is 1920. The fraction of sp³-hybridized carbons (Fsp3) is 0.412. The minimum atomic E-state index is -3.99. The molecule has 1 saturated heterocycles. The van der Waals surface area contributed by atoms with E-state index in [1.807, 2.05) is 31.2 Å². The maximum atomic E-state index is 14.8. The molecule has 3 aromatic rings. The van der Waals surface area contributed by atoms with Crippen LogP contribution in [0.25, 0.3) is 0 Å². The molecule has 15 heteroatoms. The predicted molar refractivity (Wildman–Crippen MR) is 192 cm³/mol. The van der Waals surface area contributed by atoms with Crippen LogP contribution in [-0.2, 0) is 20.0 Å². The van der Waals surface area contributed by atoms with Crippen molar-refractivity contribution >= 4 is 55.1 Å². The molecule has 0 spiro atoms. The molecule has 1 N–H and O–H groups in total. The van der Waals surface area contributed by atoms with Crippen LogP contribution >= 0.6 is 23.2 Å². The summed E-state index contributed by atoms with van der Waals surface area (Å²) in [7, 11) is -7.43. The lowest BCUT2D eigenvalue weighted by Crippen LogP contribution is -2.55. The highest BCUT2D eigenvalue weighted by Crippen LogP contribution is 2.46. The van der Waals surface area contributed by atoms with E-state index in [1.165, 1.54) is 16.4 Å². The first kappa shape index (κ1) is 37.1. The summed E-state index contributed by atoms with van der Waals surface area (Å²) < 4.78 is 62.5. The first-order chi connectivity index (χ1) is 23.0. The van der Waals surface area contributed by atoms with E-state index >= 15 is 0 Å². The van der Waals surface area contributed by atoms with Crippen molar-refractivity contribution in [3.05, 3.63) is 93.5 Å². The van der Waals surface area contributed by atoms with Crippen molar-refractivity contribution < 1.29 is 26.4 Å². The molecule has 0 aromatic heterocycles. The number of nitrogens with zero attached hydrogens (tertiary/aromatic N) is 4. The van der Waals surface area contributed by atoms with Gasteiger partial charge in [-0.25, -0.2) is 26.4 Å². The van der Waals surface area contributed by atoms with E-state index in [-0.39, 0.29) is 49.3 Å². The molecule has 3 aromatic carbocycles. The number of amidine groups is 1. The summed E-state index contributed by atoms with van der Waals surface area (Å²) in [5, 5.41) is 1.05. The second-order valence-electron chi connectivity index (χ2n) is 12.8. The molecule has 5 rings (SSSR count). The third-order valence-electron chi connectivity index (χ3n) is 8.21. The van der Waals surface area contributed by atoms with Crippen LogP contribution in [0.1, 0.15) is 63.4 Å². The number of amides is 2. The number of sulfonamides is 2. The molecule has 0 aliphatic carbocycles. The summed E-state index contributed by atoms with van der Waals surface area (Å²) in [6.45, 7) is 9.53. The molecule has 2 aliphatic rings. The fourth-order valence-electron chi connectivity index (χ4n) is 5.94. The van der Waals surface area contributed by atoms with Crippen molar-refractivity contribution in [3.8, 4) is 5.75 Å². The van der Waals surface area contributed by atoms with Gasteiger partial charge in [0, 0.05) is 41.8 Å². The normalized spacial score (nSPS) is 19.2. The highest BCUT2D eigenvalue weighted by atomic mass is 35.5. The summed E-state index contributed by atoms with van der Waals surface area (Å²) in [6.07, 6.45) is 0. The number of piperazine rings is 1. The monoisotopic (exact) mass is 749 g/mol. The molecular weight excluding hydrogens is 709 g/mol. The molecule has 2 atom stereocenters. The Kier molecular flexibility index (Phi) is 11.0. The van der Waals surface area contributed by atoms with Crippen molar-refractivity contribution in [2.75, 3.05) is 38.5 Å². The maximum absolute atomic E-state index is 14.8. The number of benzene rings is 3. The highest BCUT2D eigenvalue weighted by molar-refractivity contribution is 7.89. The number of carbonyl (C=O) groups is 1. The van der Waals surface area contributed by atoms with Crippen molar-refractivity contribution in [3.63, 3.8) is 0 Å². The van der Waals surface area contributed by atoms with Crippen LogP contribution in [0.3, 0.4) is 0 Å². The van der Waals surface area contributed by atoms with Gasteiger partial charge in [0.15, 0.2) is 0 Å². The van der Waals surface area contributed by atoms with Crippen LogP contribution < -0.4 is 9.46 Å². The van der Waals surface area contributed by atoms with E-state index < -0.39 is 43.7 Å². The van der Waals surface area contributed by atoms with Crippen molar-refractivity contribution in [1.82, 2.24) is 18.8 Å². The fourth-order valence-corrected chi connectivity index (χ4v) is 8.72. The van der Waals surface area contributed by atoms with Crippen LogP contribution in [0.15, 0.2) is 76.6 Å². The minimum absolute atomic E-state index is 0.0210. The zero-order valence-corrected chi connectivity index (χ0v) is 31.2. The molecule has 2 amide bonds. The third kappa shape index (κ3) is 8.24. The van der Waals surface area contributed by atoms with E-state index in [0.717, 1.165) is 11.1 Å². The number of carbonyl (C=O) groups excluding carboxylic acids is 1. The smallest absolute Gasteiger partial charge is 0.326 e. The Hall–Kier alpha value is -3.20. The molecular formula is C34H41Cl2N5O6S2. The lowest BCUT2D eigenvalue weighted by atomic mass is 9.93. The number of ether oxygens (including phenoxy) is 1. The van der Waals surface area contributed by atoms with Crippen LogP contribution in [0.5, 0.6) is 5.75 Å². The van der Waals surface area contributed by atoms with Gasteiger partial charge in [0.25, 0.3) is 0 Å². The van der Waals surface area contributed by atoms with E-state index in [1.54, 1.807) is 67.8 Å². The van der Waals surface area contributed by atoms with Gasteiger partial charge in [-0.2, -0.15) is 4.31 Å². The van der Waals surface area contributed by atoms with Crippen LogP contribution in [-0.4, -0.2) is 86.9 Å². The van der Waals surface area contributed by atoms with E-state index in [2.05, 4.69) is 4.72 Å². The summed E-state index contributed by atoms with van der Waals surface area (Å²) in [5.41, 5.74) is 1.07. The number of urea groups is 1. The summed E-state index contributed by atoms with van der Waals surface area (Å²) >= 11 is 12.6. The van der Waals surface area contributed by atoms with E-state index in [4.69, 9.17) is 32.9 Å². The minimum Gasteiger partial charge on any atom is -0.493 e. The van der Waals surface area contributed by atoms with Gasteiger partial charge in [0.05, 0.1) is 28.9 Å². The average molecular weight is 751 g/mol. The maximum Gasteiger partial charge on any atom is 0.326 e. The van der Waals surface area contributed by atoms with Crippen molar-refractivity contribution in [2.45, 2.75) is 57.1 Å². The molecule has 2 aliphatic heterocycles. The second-order valence-corrected chi connectivity index (χ2v) is 17.6. The lowest BCUT2D eigenvalue weighted by Gasteiger charge is -2.38. The number of halogens is 2.